The number of hydrogen-bond acceptors (Lipinski definition) is 7. The molecule has 0 saturated heterocycles. The van der Waals surface area contributed by atoms with Crippen LogP contribution in [0.2, 0.25) is 0 Å². The van der Waals surface area contributed by atoms with Crippen LogP contribution in [-0.4, -0.2) is 29.2 Å². The van der Waals surface area contributed by atoms with Crippen LogP contribution in [0, 0.1) is 5.82 Å². The van der Waals surface area contributed by atoms with Gasteiger partial charge < -0.3 is 19.9 Å². The minimum Gasteiger partial charge on any atom is -0.467 e. The normalized spacial score (nSPS) is 10.2. The van der Waals surface area contributed by atoms with Crippen LogP contribution in [0.15, 0.2) is 18.2 Å². The van der Waals surface area contributed by atoms with E-state index in [0.29, 0.717) is 5.56 Å². The van der Waals surface area contributed by atoms with Crippen LogP contribution in [-0.2, 0) is 6.54 Å². The van der Waals surface area contributed by atoms with Gasteiger partial charge >= 0.3 is 18.0 Å². The fourth-order valence-corrected chi connectivity index (χ4v) is 1.41. The largest absolute Gasteiger partial charge is 0.467 e. The quantitative estimate of drug-likeness (QED) is 0.881. The molecule has 0 bridgehead atoms. The van der Waals surface area contributed by atoms with Gasteiger partial charge in [-0.05, 0) is 6.07 Å². The summed E-state index contributed by atoms with van der Waals surface area (Å²) in [5.41, 5.74) is 5.77. The van der Waals surface area contributed by atoms with E-state index in [9.17, 15) is 4.39 Å². The maximum atomic E-state index is 13.6. The molecule has 0 fully saturated rings. The minimum absolute atomic E-state index is 0.0332. The van der Waals surface area contributed by atoms with E-state index in [1.165, 1.54) is 26.4 Å². The van der Waals surface area contributed by atoms with Gasteiger partial charge in [-0.15, -0.1) is 15.0 Å². The topological polar surface area (TPSA) is 92.4 Å². The lowest BCUT2D eigenvalue weighted by Gasteiger charge is -2.07. The molecule has 20 heavy (non-hydrogen) atoms. The van der Waals surface area contributed by atoms with Crippen molar-refractivity contribution < 1.29 is 18.6 Å². The van der Waals surface area contributed by atoms with E-state index in [2.05, 4.69) is 15.0 Å². The molecule has 0 aliphatic carbocycles. The summed E-state index contributed by atoms with van der Waals surface area (Å²) in [6, 6.07) is 4.30. The molecule has 8 heteroatoms. The zero-order chi connectivity index (χ0) is 14.5. The Kier molecular flexibility index (Phi) is 4.26. The third-order valence-electron chi connectivity index (χ3n) is 2.39. The van der Waals surface area contributed by atoms with Crippen LogP contribution in [0.1, 0.15) is 5.56 Å². The molecule has 0 aliphatic rings. The van der Waals surface area contributed by atoms with Crippen molar-refractivity contribution in [3.05, 3.63) is 29.6 Å². The molecule has 106 valence electrons. The van der Waals surface area contributed by atoms with Crippen molar-refractivity contribution in [3.63, 3.8) is 0 Å². The van der Waals surface area contributed by atoms with E-state index in [1.807, 2.05) is 0 Å². The first-order chi connectivity index (χ1) is 9.66. The summed E-state index contributed by atoms with van der Waals surface area (Å²) in [7, 11) is 2.79. The number of benzene rings is 1. The van der Waals surface area contributed by atoms with Gasteiger partial charge in [0, 0.05) is 18.2 Å². The van der Waals surface area contributed by atoms with Gasteiger partial charge in [0.1, 0.15) is 11.6 Å². The molecule has 0 saturated carbocycles. The zero-order valence-corrected chi connectivity index (χ0v) is 11.0. The van der Waals surface area contributed by atoms with Crippen molar-refractivity contribution >= 4 is 0 Å². The van der Waals surface area contributed by atoms with Gasteiger partial charge in [0.25, 0.3) is 0 Å². The zero-order valence-electron chi connectivity index (χ0n) is 11.0. The third-order valence-corrected chi connectivity index (χ3v) is 2.39. The SMILES string of the molecule is COc1nc(OC)nc(Oc2ccc(CN)c(F)c2)n1. The monoisotopic (exact) mass is 280 g/mol. The minimum atomic E-state index is -0.460. The molecule has 0 radical (unpaired) electrons. The van der Waals surface area contributed by atoms with Gasteiger partial charge in [-0.25, -0.2) is 4.39 Å². The van der Waals surface area contributed by atoms with Gasteiger partial charge in [-0.1, -0.05) is 6.07 Å². The second-order valence-electron chi connectivity index (χ2n) is 3.65. The Bertz CT molecular complexity index is 587. The summed E-state index contributed by atoms with van der Waals surface area (Å²) in [6.45, 7) is 0.111. The molecular formula is C12H13FN4O3. The van der Waals surface area contributed by atoms with Crippen molar-refractivity contribution in [2.45, 2.75) is 6.54 Å². The number of halogens is 1. The molecule has 0 aliphatic heterocycles. The molecule has 7 nitrogen and oxygen atoms in total. The Morgan fingerprint density at radius 2 is 1.65 bits per heavy atom. The number of methoxy groups -OCH3 is 2. The molecule has 2 aromatic rings. The van der Waals surface area contributed by atoms with Crippen LogP contribution >= 0.6 is 0 Å². The Balaban J connectivity index is 2.27. The Morgan fingerprint density at radius 1 is 1.05 bits per heavy atom. The van der Waals surface area contributed by atoms with Crippen LogP contribution in [0.4, 0.5) is 4.39 Å². The maximum absolute atomic E-state index is 13.6. The molecule has 0 amide bonds. The summed E-state index contributed by atoms with van der Waals surface area (Å²) in [4.78, 5) is 11.6. The van der Waals surface area contributed by atoms with Gasteiger partial charge in [0.15, 0.2) is 0 Å². The fourth-order valence-electron chi connectivity index (χ4n) is 1.41. The van der Waals surface area contributed by atoms with E-state index in [4.69, 9.17) is 19.9 Å². The summed E-state index contributed by atoms with van der Waals surface area (Å²) in [5.74, 6) is -0.229. The van der Waals surface area contributed by atoms with E-state index in [1.54, 1.807) is 6.07 Å². The number of ether oxygens (including phenoxy) is 3. The van der Waals surface area contributed by atoms with Gasteiger partial charge in [-0.3, -0.25) is 0 Å². The molecule has 2 N–H and O–H groups in total. The van der Waals surface area contributed by atoms with Crippen LogP contribution in [0.5, 0.6) is 23.8 Å². The van der Waals surface area contributed by atoms with E-state index in [-0.39, 0.29) is 30.3 Å². The maximum Gasteiger partial charge on any atom is 0.331 e. The number of hydrogen-bond donors (Lipinski definition) is 1. The predicted octanol–water partition coefficient (Wildman–Crippen LogP) is 1.28. The lowest BCUT2D eigenvalue weighted by molar-refractivity contribution is 0.320. The first-order valence-corrected chi connectivity index (χ1v) is 5.66. The third kappa shape index (κ3) is 3.09. The Morgan fingerprint density at radius 3 is 2.15 bits per heavy atom. The van der Waals surface area contributed by atoms with Gasteiger partial charge in [0.2, 0.25) is 0 Å². The molecule has 0 spiro atoms. The van der Waals surface area contributed by atoms with Crippen molar-refractivity contribution in [1.82, 2.24) is 15.0 Å². The van der Waals surface area contributed by atoms with E-state index < -0.39 is 5.82 Å². The molecule has 1 heterocycles. The fraction of sp³-hybridized carbons (Fsp3) is 0.250. The van der Waals surface area contributed by atoms with Crippen LogP contribution < -0.4 is 19.9 Å². The number of aromatic nitrogens is 3. The highest BCUT2D eigenvalue weighted by atomic mass is 19.1. The highest BCUT2D eigenvalue weighted by Gasteiger charge is 2.10. The summed E-state index contributed by atoms with van der Waals surface area (Å²) in [6.07, 6.45) is 0. The summed E-state index contributed by atoms with van der Waals surface area (Å²) < 4.78 is 28.7. The van der Waals surface area contributed by atoms with Gasteiger partial charge in [0.05, 0.1) is 14.2 Å². The highest BCUT2D eigenvalue weighted by Crippen LogP contribution is 2.23. The highest BCUT2D eigenvalue weighted by molar-refractivity contribution is 5.30. The number of nitrogens with zero attached hydrogens (tertiary/aromatic N) is 3. The first kappa shape index (κ1) is 13.9. The first-order valence-electron chi connectivity index (χ1n) is 5.66. The summed E-state index contributed by atoms with van der Waals surface area (Å²) in [5, 5.41) is 0. The summed E-state index contributed by atoms with van der Waals surface area (Å²) >= 11 is 0. The van der Waals surface area contributed by atoms with Crippen molar-refractivity contribution in [3.8, 4) is 23.8 Å². The van der Waals surface area contributed by atoms with Crippen LogP contribution in [0.25, 0.3) is 0 Å². The lowest BCUT2D eigenvalue weighted by atomic mass is 10.2. The van der Waals surface area contributed by atoms with E-state index >= 15 is 0 Å². The smallest absolute Gasteiger partial charge is 0.331 e. The predicted molar refractivity (Wildman–Crippen MR) is 67.3 cm³/mol. The Hall–Kier alpha value is -2.48. The molecule has 0 atom stereocenters. The van der Waals surface area contributed by atoms with Crippen molar-refractivity contribution in [1.29, 1.82) is 0 Å². The number of nitrogens with two attached hydrogens (primary N) is 1. The molecule has 2 rings (SSSR count). The lowest BCUT2D eigenvalue weighted by Crippen LogP contribution is -2.02. The van der Waals surface area contributed by atoms with Crippen molar-refractivity contribution in [2.75, 3.05) is 14.2 Å². The van der Waals surface area contributed by atoms with Crippen molar-refractivity contribution in [2.24, 2.45) is 5.73 Å². The average molecular weight is 280 g/mol. The Labute approximate surface area is 114 Å². The standard InChI is InChI=1S/C12H13FN4O3/c1-18-10-15-11(19-2)17-12(16-10)20-8-4-3-7(6-14)9(13)5-8/h3-5H,6,14H2,1-2H3. The molecule has 1 aromatic heterocycles. The van der Waals surface area contributed by atoms with E-state index in [0.717, 1.165) is 0 Å². The van der Waals surface area contributed by atoms with Gasteiger partial charge in [-0.2, -0.15) is 0 Å². The molecule has 1 aromatic carbocycles. The second kappa shape index (κ2) is 6.11. The average Bonchev–Trinajstić information content (AvgIpc) is 2.47. The molecular weight excluding hydrogens is 267 g/mol. The molecule has 0 unspecified atom stereocenters. The second-order valence-corrected chi connectivity index (χ2v) is 3.65. The number of rotatable bonds is 5. The van der Waals surface area contributed by atoms with Crippen LogP contribution in [0.3, 0.4) is 0 Å².